The average Bonchev–Trinajstić information content (AvgIpc) is 2.67. The first kappa shape index (κ1) is 12.5. The van der Waals surface area contributed by atoms with Crippen LogP contribution in [0.25, 0.3) is 0 Å². The fourth-order valence-electron chi connectivity index (χ4n) is 2.46. The summed E-state index contributed by atoms with van der Waals surface area (Å²) >= 11 is 4.28. The minimum absolute atomic E-state index is 0.0394. The largest absolute Gasteiger partial charge is 0.349 e. The number of aryl methyl sites for hydroxylation is 1. The first-order valence-electron chi connectivity index (χ1n) is 6.16. The Hall–Kier alpha value is -0.960. The molecule has 1 fully saturated rings. The summed E-state index contributed by atoms with van der Waals surface area (Å²) in [7, 11) is 0. The SMILES string of the molecule is Cc1ccc(S)cc1C(=O)NC1CCC(C)C1. The van der Waals surface area contributed by atoms with Crippen LogP contribution in [0.1, 0.15) is 42.1 Å². The molecule has 0 bridgehead atoms. The Labute approximate surface area is 108 Å². The summed E-state index contributed by atoms with van der Waals surface area (Å²) < 4.78 is 0. The molecule has 0 heterocycles. The first-order chi connectivity index (χ1) is 8.06. The van der Waals surface area contributed by atoms with Crippen LogP contribution >= 0.6 is 12.6 Å². The van der Waals surface area contributed by atoms with Crippen LogP contribution in [0, 0.1) is 12.8 Å². The molecule has 1 saturated carbocycles. The van der Waals surface area contributed by atoms with Gasteiger partial charge in [0.25, 0.3) is 5.91 Å². The topological polar surface area (TPSA) is 29.1 Å². The standard InChI is InChI=1S/C14H19NOS/c1-9-3-5-11(7-9)15-14(16)13-8-12(17)6-4-10(13)2/h4,6,8-9,11,17H,3,5,7H2,1-2H3,(H,15,16). The van der Waals surface area contributed by atoms with Gasteiger partial charge in [-0.15, -0.1) is 12.6 Å². The van der Waals surface area contributed by atoms with Crippen molar-refractivity contribution in [3.05, 3.63) is 29.3 Å². The first-order valence-corrected chi connectivity index (χ1v) is 6.61. The number of rotatable bonds is 2. The molecule has 92 valence electrons. The van der Waals surface area contributed by atoms with E-state index in [1.54, 1.807) is 0 Å². The van der Waals surface area contributed by atoms with Crippen molar-refractivity contribution in [1.29, 1.82) is 0 Å². The predicted molar refractivity (Wildman–Crippen MR) is 72.7 cm³/mol. The molecule has 0 spiro atoms. The summed E-state index contributed by atoms with van der Waals surface area (Å²) in [6, 6.07) is 6.04. The summed E-state index contributed by atoms with van der Waals surface area (Å²) in [5.74, 6) is 0.773. The minimum atomic E-state index is 0.0394. The lowest BCUT2D eigenvalue weighted by atomic mass is 10.1. The molecule has 17 heavy (non-hydrogen) atoms. The van der Waals surface area contributed by atoms with Crippen LogP contribution in [-0.4, -0.2) is 11.9 Å². The van der Waals surface area contributed by atoms with Gasteiger partial charge in [0.15, 0.2) is 0 Å². The molecule has 1 aromatic rings. The molecule has 1 aliphatic carbocycles. The van der Waals surface area contributed by atoms with Crippen molar-refractivity contribution in [3.63, 3.8) is 0 Å². The van der Waals surface area contributed by atoms with Crippen LogP contribution in [0.3, 0.4) is 0 Å². The van der Waals surface area contributed by atoms with Crippen LogP contribution in [0.15, 0.2) is 23.1 Å². The van der Waals surface area contributed by atoms with Crippen molar-refractivity contribution in [2.75, 3.05) is 0 Å². The monoisotopic (exact) mass is 249 g/mol. The van der Waals surface area contributed by atoms with Gasteiger partial charge in [0.1, 0.15) is 0 Å². The van der Waals surface area contributed by atoms with E-state index in [-0.39, 0.29) is 5.91 Å². The second-order valence-electron chi connectivity index (χ2n) is 5.09. The molecule has 0 radical (unpaired) electrons. The highest BCUT2D eigenvalue weighted by Gasteiger charge is 2.23. The van der Waals surface area contributed by atoms with Crippen molar-refractivity contribution >= 4 is 18.5 Å². The molecule has 2 rings (SSSR count). The van der Waals surface area contributed by atoms with Crippen molar-refractivity contribution in [3.8, 4) is 0 Å². The summed E-state index contributed by atoms with van der Waals surface area (Å²) in [5, 5.41) is 3.12. The third kappa shape index (κ3) is 3.03. The fraction of sp³-hybridized carbons (Fsp3) is 0.500. The maximum absolute atomic E-state index is 12.1. The van der Waals surface area contributed by atoms with Gasteiger partial charge in [-0.25, -0.2) is 0 Å². The fourth-order valence-corrected chi connectivity index (χ4v) is 2.66. The lowest BCUT2D eigenvalue weighted by Crippen LogP contribution is -2.33. The van der Waals surface area contributed by atoms with Gasteiger partial charge in [-0.2, -0.15) is 0 Å². The molecule has 1 N–H and O–H groups in total. The van der Waals surface area contributed by atoms with Gasteiger partial charge >= 0.3 is 0 Å². The lowest BCUT2D eigenvalue weighted by molar-refractivity contribution is 0.0936. The Morgan fingerprint density at radius 3 is 2.82 bits per heavy atom. The van der Waals surface area contributed by atoms with Gasteiger partial charge < -0.3 is 5.32 Å². The normalized spacial score (nSPS) is 23.7. The number of carbonyl (C=O) groups is 1. The molecule has 3 heteroatoms. The minimum Gasteiger partial charge on any atom is -0.349 e. The van der Waals surface area contributed by atoms with Crippen molar-refractivity contribution < 1.29 is 4.79 Å². The maximum Gasteiger partial charge on any atom is 0.251 e. The zero-order valence-electron chi connectivity index (χ0n) is 10.4. The number of hydrogen-bond acceptors (Lipinski definition) is 2. The number of nitrogens with one attached hydrogen (secondary N) is 1. The maximum atomic E-state index is 12.1. The molecule has 0 saturated heterocycles. The number of carbonyl (C=O) groups excluding carboxylic acids is 1. The van der Waals surface area contributed by atoms with E-state index in [4.69, 9.17) is 0 Å². The van der Waals surface area contributed by atoms with Crippen LogP contribution in [-0.2, 0) is 0 Å². The number of benzene rings is 1. The quantitative estimate of drug-likeness (QED) is 0.774. The Morgan fingerprint density at radius 2 is 2.18 bits per heavy atom. The Balaban J connectivity index is 2.06. The summed E-state index contributed by atoms with van der Waals surface area (Å²) in [4.78, 5) is 13.0. The molecule has 2 nitrogen and oxygen atoms in total. The molecule has 0 aromatic heterocycles. The van der Waals surface area contributed by atoms with E-state index in [0.717, 1.165) is 34.8 Å². The van der Waals surface area contributed by atoms with Crippen molar-refractivity contribution in [2.24, 2.45) is 5.92 Å². The highest BCUT2D eigenvalue weighted by molar-refractivity contribution is 7.80. The van der Waals surface area contributed by atoms with E-state index in [1.165, 1.54) is 6.42 Å². The lowest BCUT2D eigenvalue weighted by Gasteiger charge is -2.14. The van der Waals surface area contributed by atoms with E-state index in [2.05, 4.69) is 24.9 Å². The van der Waals surface area contributed by atoms with Crippen molar-refractivity contribution in [2.45, 2.75) is 44.0 Å². The zero-order valence-corrected chi connectivity index (χ0v) is 11.3. The summed E-state index contributed by atoms with van der Waals surface area (Å²) in [5.41, 5.74) is 1.75. The van der Waals surface area contributed by atoms with E-state index in [9.17, 15) is 4.79 Å². The molecule has 2 atom stereocenters. The molecular formula is C14H19NOS. The number of thiol groups is 1. The van der Waals surface area contributed by atoms with Crippen LogP contribution in [0.4, 0.5) is 0 Å². The van der Waals surface area contributed by atoms with Gasteiger partial charge in [-0.3, -0.25) is 4.79 Å². The molecular weight excluding hydrogens is 230 g/mol. The third-order valence-corrected chi connectivity index (χ3v) is 3.77. The Morgan fingerprint density at radius 1 is 1.41 bits per heavy atom. The molecule has 1 amide bonds. The van der Waals surface area contributed by atoms with Gasteiger partial charge in [0, 0.05) is 16.5 Å². The van der Waals surface area contributed by atoms with E-state index < -0.39 is 0 Å². The van der Waals surface area contributed by atoms with Crippen LogP contribution in [0.2, 0.25) is 0 Å². The van der Waals surface area contributed by atoms with E-state index >= 15 is 0 Å². The van der Waals surface area contributed by atoms with E-state index in [1.807, 2.05) is 25.1 Å². The summed E-state index contributed by atoms with van der Waals surface area (Å²) in [6.07, 6.45) is 3.43. The zero-order chi connectivity index (χ0) is 12.4. The highest BCUT2D eigenvalue weighted by Crippen LogP contribution is 2.25. The second-order valence-corrected chi connectivity index (χ2v) is 5.60. The Kier molecular flexibility index (Phi) is 3.77. The summed E-state index contributed by atoms with van der Waals surface area (Å²) in [6.45, 7) is 4.20. The van der Waals surface area contributed by atoms with Crippen LogP contribution in [0.5, 0.6) is 0 Å². The average molecular weight is 249 g/mol. The van der Waals surface area contributed by atoms with Gasteiger partial charge in [-0.05, 0) is 49.8 Å². The van der Waals surface area contributed by atoms with E-state index in [0.29, 0.717) is 6.04 Å². The molecule has 1 aliphatic rings. The molecule has 1 aromatic carbocycles. The highest BCUT2D eigenvalue weighted by atomic mass is 32.1. The number of hydrogen-bond donors (Lipinski definition) is 2. The third-order valence-electron chi connectivity index (χ3n) is 3.50. The molecule has 0 aliphatic heterocycles. The van der Waals surface area contributed by atoms with Crippen molar-refractivity contribution in [1.82, 2.24) is 5.32 Å². The predicted octanol–water partition coefficient (Wildman–Crippen LogP) is 3.20. The van der Waals surface area contributed by atoms with Crippen LogP contribution < -0.4 is 5.32 Å². The van der Waals surface area contributed by atoms with Gasteiger partial charge in [-0.1, -0.05) is 13.0 Å². The van der Waals surface area contributed by atoms with Gasteiger partial charge in [0.05, 0.1) is 0 Å². The number of amides is 1. The second kappa shape index (κ2) is 5.13. The smallest absolute Gasteiger partial charge is 0.251 e. The van der Waals surface area contributed by atoms with Gasteiger partial charge in [0.2, 0.25) is 0 Å². The Bertz CT molecular complexity index is 430. The molecule has 2 unspecified atom stereocenters.